The quantitative estimate of drug-likeness (QED) is 0.184. The SMILES string of the molecule is Cc1cc(-c2nccc3ccccc23)c(O)c(-c2nc(-c3cc4ccccc4c(-c4cc(C)cc(-c5nccc6ccccc56)c4O)n3)cc3ccccc23)c1. The Morgan fingerprint density at radius 3 is 1.07 bits per heavy atom. The highest BCUT2D eigenvalue weighted by molar-refractivity contribution is 6.04. The maximum absolute atomic E-state index is 12.1. The maximum atomic E-state index is 12.1. The van der Waals surface area contributed by atoms with Gasteiger partial charge in [-0.1, -0.05) is 97.1 Å². The largest absolute Gasteiger partial charge is 0.507 e. The zero-order chi connectivity index (χ0) is 37.9. The van der Waals surface area contributed by atoms with Crippen LogP contribution in [0.5, 0.6) is 11.5 Å². The van der Waals surface area contributed by atoms with Crippen molar-refractivity contribution in [3.63, 3.8) is 0 Å². The molecule has 6 heteroatoms. The Kier molecular flexibility index (Phi) is 7.78. The molecule has 4 heterocycles. The molecule has 10 aromatic rings. The van der Waals surface area contributed by atoms with Crippen molar-refractivity contribution in [3.8, 4) is 67.9 Å². The molecule has 0 radical (unpaired) electrons. The first-order chi connectivity index (χ1) is 27.4. The molecule has 6 nitrogen and oxygen atoms in total. The molecule has 0 atom stereocenters. The van der Waals surface area contributed by atoms with Crippen molar-refractivity contribution in [2.75, 3.05) is 0 Å². The summed E-state index contributed by atoms with van der Waals surface area (Å²) in [5.74, 6) is 0.223. The van der Waals surface area contributed by atoms with Crippen LogP contribution in [-0.4, -0.2) is 30.1 Å². The van der Waals surface area contributed by atoms with Crippen LogP contribution in [0.4, 0.5) is 0 Å². The van der Waals surface area contributed by atoms with E-state index in [4.69, 9.17) is 19.9 Å². The van der Waals surface area contributed by atoms with Crippen molar-refractivity contribution in [2.45, 2.75) is 13.8 Å². The lowest BCUT2D eigenvalue weighted by Crippen LogP contribution is -1.98. The van der Waals surface area contributed by atoms with Gasteiger partial charge in [0.25, 0.3) is 0 Å². The molecule has 0 saturated carbocycles. The molecule has 0 bridgehead atoms. The van der Waals surface area contributed by atoms with Crippen molar-refractivity contribution in [1.29, 1.82) is 0 Å². The number of aryl methyl sites for hydroxylation is 2. The van der Waals surface area contributed by atoms with Crippen molar-refractivity contribution in [1.82, 2.24) is 19.9 Å². The van der Waals surface area contributed by atoms with E-state index in [2.05, 4.69) is 24.3 Å². The molecule has 0 aliphatic carbocycles. The summed E-state index contributed by atoms with van der Waals surface area (Å²) < 4.78 is 0. The Morgan fingerprint density at radius 1 is 0.357 bits per heavy atom. The molecule has 10 rings (SSSR count). The summed E-state index contributed by atoms with van der Waals surface area (Å²) in [7, 11) is 0. The van der Waals surface area contributed by atoms with E-state index in [1.165, 1.54) is 0 Å². The zero-order valence-corrected chi connectivity index (χ0v) is 30.7. The van der Waals surface area contributed by atoms with Gasteiger partial charge in [-0.05, 0) is 95.1 Å². The smallest absolute Gasteiger partial charge is 0.134 e. The van der Waals surface area contributed by atoms with E-state index in [0.29, 0.717) is 56.4 Å². The number of benzene rings is 6. The van der Waals surface area contributed by atoms with E-state index in [9.17, 15) is 10.2 Å². The Balaban J connectivity index is 1.20. The molecule has 0 fully saturated rings. The number of pyridine rings is 4. The zero-order valence-electron chi connectivity index (χ0n) is 30.7. The van der Waals surface area contributed by atoms with Crippen LogP contribution in [0.25, 0.3) is 99.5 Å². The molecule has 0 unspecified atom stereocenters. The van der Waals surface area contributed by atoms with Crippen LogP contribution >= 0.6 is 0 Å². The van der Waals surface area contributed by atoms with Crippen molar-refractivity contribution in [3.05, 3.63) is 169 Å². The third-order valence-electron chi connectivity index (χ3n) is 10.6. The van der Waals surface area contributed by atoms with Crippen LogP contribution in [0, 0.1) is 13.8 Å². The van der Waals surface area contributed by atoms with Crippen LogP contribution in [0.15, 0.2) is 158 Å². The molecule has 0 aliphatic heterocycles. The number of hydrogen-bond donors (Lipinski definition) is 2. The van der Waals surface area contributed by atoms with Gasteiger partial charge in [0.1, 0.15) is 11.5 Å². The van der Waals surface area contributed by atoms with E-state index >= 15 is 0 Å². The fourth-order valence-electron chi connectivity index (χ4n) is 8.02. The number of nitrogens with zero attached hydrogens (tertiary/aromatic N) is 4. The maximum Gasteiger partial charge on any atom is 0.134 e. The predicted octanol–water partition coefficient (Wildman–Crippen LogP) is 12.2. The van der Waals surface area contributed by atoms with Gasteiger partial charge in [0.15, 0.2) is 0 Å². The number of phenolic OH excluding ortho intramolecular Hbond substituents is 2. The summed E-state index contributed by atoms with van der Waals surface area (Å²) in [4.78, 5) is 20.1. The topological polar surface area (TPSA) is 92.0 Å². The summed E-state index contributed by atoms with van der Waals surface area (Å²) >= 11 is 0. The minimum atomic E-state index is 0.112. The van der Waals surface area contributed by atoms with Gasteiger partial charge >= 0.3 is 0 Å². The van der Waals surface area contributed by atoms with Gasteiger partial charge in [0.05, 0.1) is 34.2 Å². The Hall–Kier alpha value is -7.44. The standard InChI is InChI=1S/C50H34N4O2/c1-29-23-39(45-35-15-7-3-11-31(35)19-21-51-45)49(55)41(25-29)47-37-17-9-5-13-33(37)27-43(53-47)44-28-34-14-6-10-18-38(34)48(54-44)42-26-30(2)24-40(50(42)56)46-36-16-8-4-12-32(36)20-22-52-46/h3-28,55-56H,1-2H3. The number of fused-ring (bicyclic) bond motifs is 4. The first kappa shape index (κ1) is 33.2. The van der Waals surface area contributed by atoms with Crippen LogP contribution in [-0.2, 0) is 0 Å². The first-order valence-corrected chi connectivity index (χ1v) is 18.6. The first-order valence-electron chi connectivity index (χ1n) is 18.6. The highest BCUT2D eigenvalue weighted by Crippen LogP contribution is 2.45. The summed E-state index contributed by atoms with van der Waals surface area (Å²) in [6.07, 6.45) is 3.56. The average molecular weight is 723 g/mol. The van der Waals surface area contributed by atoms with Gasteiger partial charge in [-0.3, -0.25) is 9.97 Å². The van der Waals surface area contributed by atoms with E-state index < -0.39 is 0 Å². The molecule has 0 saturated heterocycles. The van der Waals surface area contributed by atoms with Crippen molar-refractivity contribution < 1.29 is 10.2 Å². The van der Waals surface area contributed by atoms with Gasteiger partial charge < -0.3 is 10.2 Å². The monoisotopic (exact) mass is 722 g/mol. The summed E-state index contributed by atoms with van der Waals surface area (Å²) in [6.45, 7) is 4.05. The minimum Gasteiger partial charge on any atom is -0.507 e. The summed E-state index contributed by atoms with van der Waals surface area (Å²) in [5, 5.41) is 32.0. The van der Waals surface area contributed by atoms with Crippen LogP contribution < -0.4 is 0 Å². The molecule has 4 aromatic heterocycles. The average Bonchev–Trinajstić information content (AvgIpc) is 3.24. The second-order valence-electron chi connectivity index (χ2n) is 14.3. The number of rotatable bonds is 5. The number of phenols is 2. The molecule has 0 amide bonds. The predicted molar refractivity (Wildman–Crippen MR) is 228 cm³/mol. The molecule has 0 aliphatic rings. The third kappa shape index (κ3) is 5.50. The van der Waals surface area contributed by atoms with Gasteiger partial charge in [-0.15, -0.1) is 0 Å². The highest BCUT2D eigenvalue weighted by Gasteiger charge is 2.22. The highest BCUT2D eigenvalue weighted by atomic mass is 16.3. The van der Waals surface area contributed by atoms with E-state index in [0.717, 1.165) is 54.2 Å². The van der Waals surface area contributed by atoms with Gasteiger partial charge in [0.2, 0.25) is 0 Å². The van der Waals surface area contributed by atoms with Crippen molar-refractivity contribution in [2.24, 2.45) is 0 Å². The van der Waals surface area contributed by atoms with Crippen molar-refractivity contribution >= 4 is 43.1 Å². The van der Waals surface area contributed by atoms with E-state index in [1.54, 1.807) is 12.4 Å². The Morgan fingerprint density at radius 2 is 0.679 bits per heavy atom. The normalized spacial score (nSPS) is 11.5. The number of hydrogen-bond acceptors (Lipinski definition) is 6. The van der Waals surface area contributed by atoms with Gasteiger partial charge in [-0.25, -0.2) is 9.97 Å². The number of aromatic nitrogens is 4. The lowest BCUT2D eigenvalue weighted by molar-refractivity contribution is 0.478. The van der Waals surface area contributed by atoms with Gasteiger partial charge in [-0.2, -0.15) is 0 Å². The minimum absolute atomic E-state index is 0.112. The van der Waals surface area contributed by atoms with Crippen LogP contribution in [0.3, 0.4) is 0 Å². The lowest BCUT2D eigenvalue weighted by Gasteiger charge is -2.17. The third-order valence-corrected chi connectivity index (χ3v) is 10.6. The Bertz CT molecular complexity index is 2980. The van der Waals surface area contributed by atoms with Gasteiger partial charge in [0, 0.05) is 56.2 Å². The molecule has 2 N–H and O–H groups in total. The van der Waals surface area contributed by atoms with E-state index in [-0.39, 0.29) is 11.5 Å². The molecule has 266 valence electrons. The molecule has 0 spiro atoms. The van der Waals surface area contributed by atoms with Crippen LogP contribution in [0.2, 0.25) is 0 Å². The molecule has 6 aromatic carbocycles. The second-order valence-corrected chi connectivity index (χ2v) is 14.3. The molecule has 56 heavy (non-hydrogen) atoms. The fraction of sp³-hybridized carbons (Fsp3) is 0.0400. The number of aromatic hydroxyl groups is 2. The van der Waals surface area contributed by atoms with Crippen LogP contribution in [0.1, 0.15) is 11.1 Å². The second kappa shape index (κ2) is 13.1. The molecular weight excluding hydrogens is 689 g/mol. The summed E-state index contributed by atoms with van der Waals surface area (Å²) in [5.41, 5.74) is 8.42. The molecular formula is C50H34N4O2. The lowest BCUT2D eigenvalue weighted by atomic mass is 9.94. The Labute approximate surface area is 323 Å². The summed E-state index contributed by atoms with van der Waals surface area (Å²) in [6, 6.07) is 48.3. The fourth-order valence-corrected chi connectivity index (χ4v) is 8.02. The van der Waals surface area contributed by atoms with E-state index in [1.807, 2.05) is 135 Å².